The number of likely N-dealkylation sites (N-methyl/N-ethyl adjacent to an activating group) is 1. The molecule has 3 rings (SSSR count). The predicted octanol–water partition coefficient (Wildman–Crippen LogP) is 2.35. The van der Waals surface area contributed by atoms with Crippen molar-refractivity contribution >= 4 is 22.1 Å². The number of nitrogens with zero attached hydrogens (tertiary/aromatic N) is 3. The van der Waals surface area contributed by atoms with E-state index in [9.17, 15) is 0 Å². The van der Waals surface area contributed by atoms with Gasteiger partial charge in [-0.2, -0.15) is 0 Å². The van der Waals surface area contributed by atoms with Crippen LogP contribution in [0, 0.1) is 0 Å². The zero-order valence-corrected chi connectivity index (χ0v) is 12.2. The fourth-order valence-corrected chi connectivity index (χ4v) is 3.06. The standard InChI is InChI=1S/C16H22N4/c1-3-13-11-20(9-8-19(13)2)15-5-4-12-10-18-7-6-14(12)16(15)17/h4-7,10,13H,3,8-9,11,17H2,1-2H3. The zero-order chi connectivity index (χ0) is 14.1. The van der Waals surface area contributed by atoms with E-state index in [-0.39, 0.29) is 0 Å². The first-order chi connectivity index (χ1) is 9.70. The smallest absolute Gasteiger partial charge is 0.0632 e. The van der Waals surface area contributed by atoms with Gasteiger partial charge in [0.15, 0.2) is 0 Å². The van der Waals surface area contributed by atoms with Gasteiger partial charge in [-0.3, -0.25) is 9.88 Å². The van der Waals surface area contributed by atoms with E-state index in [0.717, 1.165) is 41.8 Å². The number of rotatable bonds is 2. The topological polar surface area (TPSA) is 45.4 Å². The van der Waals surface area contributed by atoms with Gasteiger partial charge in [-0.05, 0) is 25.6 Å². The predicted molar refractivity (Wildman–Crippen MR) is 85.1 cm³/mol. The third kappa shape index (κ3) is 2.20. The molecule has 1 aromatic heterocycles. The summed E-state index contributed by atoms with van der Waals surface area (Å²) in [5.41, 5.74) is 8.43. The Morgan fingerprint density at radius 2 is 2.15 bits per heavy atom. The molecule has 0 radical (unpaired) electrons. The molecule has 2 N–H and O–H groups in total. The number of nitrogens with two attached hydrogens (primary N) is 1. The number of anilines is 2. The van der Waals surface area contributed by atoms with Crippen LogP contribution >= 0.6 is 0 Å². The van der Waals surface area contributed by atoms with Crippen molar-refractivity contribution in [2.45, 2.75) is 19.4 Å². The van der Waals surface area contributed by atoms with Gasteiger partial charge in [-0.1, -0.05) is 13.0 Å². The molecule has 1 aromatic carbocycles. The lowest BCUT2D eigenvalue weighted by atomic mass is 10.1. The Bertz CT molecular complexity index is 610. The molecule has 0 amide bonds. The van der Waals surface area contributed by atoms with Crippen LogP contribution in [0.15, 0.2) is 30.6 Å². The third-order valence-electron chi connectivity index (χ3n) is 4.43. The van der Waals surface area contributed by atoms with Gasteiger partial charge in [-0.15, -0.1) is 0 Å². The minimum Gasteiger partial charge on any atom is -0.397 e. The molecule has 20 heavy (non-hydrogen) atoms. The van der Waals surface area contributed by atoms with Gasteiger partial charge in [0.2, 0.25) is 0 Å². The lowest BCUT2D eigenvalue weighted by molar-refractivity contribution is 0.213. The van der Waals surface area contributed by atoms with Gasteiger partial charge in [-0.25, -0.2) is 0 Å². The maximum atomic E-state index is 6.39. The van der Waals surface area contributed by atoms with Crippen LogP contribution in [0.25, 0.3) is 10.8 Å². The molecule has 4 heteroatoms. The molecule has 1 fully saturated rings. The van der Waals surface area contributed by atoms with Gasteiger partial charge in [0.05, 0.1) is 11.4 Å². The van der Waals surface area contributed by atoms with Gasteiger partial charge in [0.1, 0.15) is 0 Å². The average molecular weight is 270 g/mol. The van der Waals surface area contributed by atoms with Gasteiger partial charge < -0.3 is 10.6 Å². The highest BCUT2D eigenvalue weighted by Gasteiger charge is 2.24. The first kappa shape index (κ1) is 13.2. The monoisotopic (exact) mass is 270 g/mol. The highest BCUT2D eigenvalue weighted by Crippen LogP contribution is 2.32. The van der Waals surface area contributed by atoms with E-state index >= 15 is 0 Å². The summed E-state index contributed by atoms with van der Waals surface area (Å²) in [4.78, 5) is 9.02. The van der Waals surface area contributed by atoms with Crippen LogP contribution in [0.4, 0.5) is 11.4 Å². The molecule has 1 saturated heterocycles. The van der Waals surface area contributed by atoms with Crippen molar-refractivity contribution in [3.8, 4) is 0 Å². The van der Waals surface area contributed by atoms with Crippen molar-refractivity contribution in [2.24, 2.45) is 0 Å². The van der Waals surface area contributed by atoms with Crippen molar-refractivity contribution in [1.29, 1.82) is 0 Å². The number of benzene rings is 1. The summed E-state index contributed by atoms with van der Waals surface area (Å²) in [5.74, 6) is 0. The number of aromatic nitrogens is 1. The Morgan fingerprint density at radius 1 is 1.30 bits per heavy atom. The van der Waals surface area contributed by atoms with E-state index in [2.05, 4.69) is 40.9 Å². The van der Waals surface area contributed by atoms with E-state index in [0.29, 0.717) is 6.04 Å². The average Bonchev–Trinajstić information content (AvgIpc) is 2.49. The minimum absolute atomic E-state index is 0.608. The Hall–Kier alpha value is -1.81. The Kier molecular flexibility index (Phi) is 3.49. The highest BCUT2D eigenvalue weighted by atomic mass is 15.3. The van der Waals surface area contributed by atoms with Crippen LogP contribution in [0.5, 0.6) is 0 Å². The number of pyridine rings is 1. The minimum atomic E-state index is 0.608. The first-order valence-electron chi connectivity index (χ1n) is 7.28. The van der Waals surface area contributed by atoms with E-state index in [1.165, 1.54) is 6.42 Å². The molecule has 0 aliphatic carbocycles. The molecular weight excluding hydrogens is 248 g/mol. The molecule has 2 aromatic rings. The van der Waals surface area contributed by atoms with Crippen molar-refractivity contribution in [3.63, 3.8) is 0 Å². The van der Waals surface area contributed by atoms with E-state index in [1.807, 2.05) is 12.3 Å². The second-order valence-corrected chi connectivity index (χ2v) is 5.58. The van der Waals surface area contributed by atoms with Crippen LogP contribution in [0.2, 0.25) is 0 Å². The fourth-order valence-electron chi connectivity index (χ4n) is 3.06. The van der Waals surface area contributed by atoms with Crippen molar-refractivity contribution in [1.82, 2.24) is 9.88 Å². The van der Waals surface area contributed by atoms with Gasteiger partial charge >= 0.3 is 0 Å². The largest absolute Gasteiger partial charge is 0.397 e. The summed E-state index contributed by atoms with van der Waals surface area (Å²) < 4.78 is 0. The van der Waals surface area contributed by atoms with Crippen LogP contribution < -0.4 is 10.6 Å². The molecule has 1 aliphatic rings. The molecule has 2 heterocycles. The van der Waals surface area contributed by atoms with Crippen molar-refractivity contribution in [2.75, 3.05) is 37.3 Å². The molecule has 1 atom stereocenters. The lowest BCUT2D eigenvalue weighted by Gasteiger charge is -2.40. The highest BCUT2D eigenvalue weighted by molar-refractivity contribution is 5.98. The lowest BCUT2D eigenvalue weighted by Crippen LogP contribution is -2.51. The number of piperazine rings is 1. The van der Waals surface area contributed by atoms with Gasteiger partial charge in [0, 0.05) is 48.8 Å². The molecule has 1 unspecified atom stereocenters. The van der Waals surface area contributed by atoms with Crippen LogP contribution in [-0.4, -0.2) is 42.6 Å². The summed E-state index contributed by atoms with van der Waals surface area (Å²) in [6.07, 6.45) is 4.85. The van der Waals surface area contributed by atoms with Crippen LogP contribution in [0.1, 0.15) is 13.3 Å². The molecule has 0 spiro atoms. The SMILES string of the molecule is CCC1CN(c2ccc3cnccc3c2N)CCN1C. The maximum Gasteiger partial charge on any atom is 0.0632 e. The second-order valence-electron chi connectivity index (χ2n) is 5.58. The summed E-state index contributed by atoms with van der Waals surface area (Å²) in [6, 6.07) is 6.86. The van der Waals surface area contributed by atoms with Crippen molar-refractivity contribution < 1.29 is 0 Å². The Labute approximate surface area is 120 Å². The van der Waals surface area contributed by atoms with Crippen LogP contribution in [0.3, 0.4) is 0 Å². The molecule has 0 saturated carbocycles. The number of hydrogen-bond donors (Lipinski definition) is 1. The van der Waals surface area contributed by atoms with E-state index in [4.69, 9.17) is 5.73 Å². The molecular formula is C16H22N4. The number of hydrogen-bond acceptors (Lipinski definition) is 4. The third-order valence-corrected chi connectivity index (χ3v) is 4.43. The fraction of sp³-hybridized carbons (Fsp3) is 0.438. The van der Waals surface area contributed by atoms with Gasteiger partial charge in [0.25, 0.3) is 0 Å². The molecule has 4 nitrogen and oxygen atoms in total. The zero-order valence-electron chi connectivity index (χ0n) is 12.2. The summed E-state index contributed by atoms with van der Waals surface area (Å²) >= 11 is 0. The quantitative estimate of drug-likeness (QED) is 0.851. The van der Waals surface area contributed by atoms with Crippen LogP contribution in [-0.2, 0) is 0 Å². The summed E-state index contributed by atoms with van der Waals surface area (Å²) in [7, 11) is 2.21. The molecule has 0 bridgehead atoms. The summed E-state index contributed by atoms with van der Waals surface area (Å²) in [6.45, 7) is 5.42. The molecule has 106 valence electrons. The maximum absolute atomic E-state index is 6.39. The Morgan fingerprint density at radius 3 is 2.95 bits per heavy atom. The summed E-state index contributed by atoms with van der Waals surface area (Å²) in [5, 5.41) is 2.21. The van der Waals surface area contributed by atoms with E-state index < -0.39 is 0 Å². The second kappa shape index (κ2) is 5.29. The number of nitrogen functional groups attached to an aromatic ring is 1. The molecule has 1 aliphatic heterocycles. The van der Waals surface area contributed by atoms with E-state index in [1.54, 1.807) is 6.20 Å². The number of fused-ring (bicyclic) bond motifs is 1. The first-order valence-corrected chi connectivity index (χ1v) is 7.28. The van der Waals surface area contributed by atoms with Crippen molar-refractivity contribution in [3.05, 3.63) is 30.6 Å². The Balaban J connectivity index is 1.96. The normalized spacial score (nSPS) is 20.5.